The van der Waals surface area contributed by atoms with Gasteiger partial charge in [-0.2, -0.15) is 0 Å². The summed E-state index contributed by atoms with van der Waals surface area (Å²) in [6, 6.07) is 29.6. The minimum absolute atomic E-state index is 0.00892. The predicted octanol–water partition coefficient (Wildman–Crippen LogP) is 5.87. The van der Waals surface area contributed by atoms with Crippen molar-refractivity contribution in [3.8, 4) is 11.5 Å². The quantitative estimate of drug-likeness (QED) is 0.0539. The van der Waals surface area contributed by atoms with Crippen LogP contribution in [0.1, 0.15) is 16.7 Å². The van der Waals surface area contributed by atoms with Crippen molar-refractivity contribution in [2.24, 2.45) is 11.7 Å². The maximum Gasteiger partial charge on any atom is 0.408 e. The molecule has 0 saturated heterocycles. The molecule has 0 fully saturated rings. The summed E-state index contributed by atoms with van der Waals surface area (Å²) in [7, 11) is -1.37. The summed E-state index contributed by atoms with van der Waals surface area (Å²) in [4.78, 5) is 55.5. The Morgan fingerprint density at radius 1 is 0.868 bits per heavy atom. The average molecular weight is 759 g/mol. The molecule has 0 spiro atoms. The molecule has 5 rings (SSSR count). The molecule has 0 radical (unpaired) electrons. The third kappa shape index (κ3) is 10.9. The summed E-state index contributed by atoms with van der Waals surface area (Å²) >= 11 is 1.23. The number of ether oxygens (including phenoxy) is 3. The van der Waals surface area contributed by atoms with Gasteiger partial charge < -0.3 is 40.5 Å². The fraction of sp³-hybridized carbons (Fsp3) is 0.256. The highest BCUT2D eigenvalue weighted by molar-refractivity contribution is 7.99. The first-order valence-electron chi connectivity index (χ1n) is 16.9. The van der Waals surface area contributed by atoms with Gasteiger partial charge in [0, 0.05) is 41.9 Å². The number of rotatable bonds is 18. The molecule has 278 valence electrons. The molecule has 4 aromatic carbocycles. The van der Waals surface area contributed by atoms with Gasteiger partial charge in [0.25, 0.3) is 0 Å². The van der Waals surface area contributed by atoms with Gasteiger partial charge in [-0.15, -0.1) is 11.8 Å². The Kier molecular flexibility index (Phi) is 13.6. The molecule has 12 nitrogen and oxygen atoms in total. The lowest BCUT2D eigenvalue weighted by atomic mass is 10.0. The second kappa shape index (κ2) is 18.5. The number of primary amides is 1. The highest BCUT2D eigenvalue weighted by Gasteiger charge is 2.38. The van der Waals surface area contributed by atoms with Crippen molar-refractivity contribution in [1.82, 2.24) is 15.6 Å². The van der Waals surface area contributed by atoms with Gasteiger partial charge in [-0.1, -0.05) is 78.9 Å². The lowest BCUT2D eigenvalue weighted by molar-refractivity contribution is -0.129. The second-order valence-corrected chi connectivity index (χ2v) is 16.0. The van der Waals surface area contributed by atoms with Crippen molar-refractivity contribution in [2.45, 2.75) is 36.2 Å². The maximum absolute atomic E-state index is 14.5. The van der Waals surface area contributed by atoms with Gasteiger partial charge >= 0.3 is 6.09 Å². The number of nitrogens with one attached hydrogen (secondary N) is 3. The number of carbonyl (C=O) groups is 3. The molecule has 14 heteroatoms. The normalized spacial score (nSPS) is 13.9. The summed E-state index contributed by atoms with van der Waals surface area (Å²) in [6.45, 7) is -0.0462. The van der Waals surface area contributed by atoms with E-state index >= 15 is 0 Å². The minimum Gasteiger partial charge on any atom is -0.497 e. The fourth-order valence-corrected chi connectivity index (χ4v) is 9.11. The molecular formula is C39H43N4O8PS. The van der Waals surface area contributed by atoms with Crippen LogP contribution in [0.2, 0.25) is 0 Å². The number of benzene rings is 4. The van der Waals surface area contributed by atoms with Gasteiger partial charge in [0.05, 0.1) is 25.0 Å². The Labute approximate surface area is 312 Å². The van der Waals surface area contributed by atoms with Crippen LogP contribution in [0.4, 0.5) is 4.79 Å². The first kappa shape index (κ1) is 39.0. The number of amides is 3. The lowest BCUT2D eigenvalue weighted by Gasteiger charge is -2.28. The molecule has 0 aliphatic rings. The molecule has 0 saturated carbocycles. The van der Waals surface area contributed by atoms with Crippen LogP contribution in [0.25, 0.3) is 10.9 Å². The Hall–Kier alpha value is -5.23. The molecule has 4 atom stereocenters. The minimum atomic E-state index is -4.40. The van der Waals surface area contributed by atoms with Crippen LogP contribution >= 0.6 is 19.1 Å². The van der Waals surface area contributed by atoms with Crippen molar-refractivity contribution in [2.75, 3.05) is 26.1 Å². The Balaban J connectivity index is 1.41. The molecule has 0 aliphatic heterocycles. The van der Waals surface area contributed by atoms with E-state index < -0.39 is 49.2 Å². The van der Waals surface area contributed by atoms with Gasteiger partial charge in [-0.3, -0.25) is 14.2 Å². The number of hydrogen-bond donors (Lipinski definition) is 5. The molecule has 1 aromatic heterocycles. The Morgan fingerprint density at radius 2 is 1.55 bits per heavy atom. The summed E-state index contributed by atoms with van der Waals surface area (Å²) < 4.78 is 30.8. The summed E-state index contributed by atoms with van der Waals surface area (Å²) in [6.07, 6.45) is 0.427. The van der Waals surface area contributed by atoms with Crippen molar-refractivity contribution in [3.63, 3.8) is 0 Å². The third-order valence-corrected chi connectivity index (χ3v) is 12.1. The van der Waals surface area contributed by atoms with Crippen molar-refractivity contribution >= 4 is 47.9 Å². The van der Waals surface area contributed by atoms with E-state index in [0.717, 1.165) is 22.0 Å². The number of alkyl carbamates (subject to hydrolysis) is 1. The summed E-state index contributed by atoms with van der Waals surface area (Å²) in [5.41, 5.74) is 8.87. The standard InChI is InChI=1S/C39H43N4O8PS/c1-49-30-17-18-34(50-2)35(21-30)53-25-29(38(45)42-33(37(40)44)20-28-22-41-32-16-10-9-15-31(28)32)24-52(47,48)36(19-26-11-5-3-6-12-26)43-39(46)51-23-27-13-7-4-8-14-27/h3-18,21-22,29,33,36,41H,19-20,23-25H2,1-2H3,(H2,40,44)(H,42,45)(H,43,46)(H,47,48)/t29?,33-,36+/m0/s1. The van der Waals surface area contributed by atoms with Gasteiger partial charge in [0.2, 0.25) is 19.2 Å². The fourth-order valence-electron chi connectivity index (χ4n) is 5.81. The second-order valence-electron chi connectivity index (χ2n) is 12.4. The molecule has 5 aromatic rings. The highest BCUT2D eigenvalue weighted by Crippen LogP contribution is 2.49. The number of carbonyl (C=O) groups excluding carboxylic acids is 3. The highest BCUT2D eigenvalue weighted by atomic mass is 32.2. The van der Waals surface area contributed by atoms with Gasteiger partial charge in [0.15, 0.2) is 0 Å². The van der Waals surface area contributed by atoms with Crippen LogP contribution in [-0.4, -0.2) is 65.7 Å². The average Bonchev–Trinajstić information content (AvgIpc) is 3.58. The number of aromatic amines is 1. The lowest BCUT2D eigenvalue weighted by Crippen LogP contribution is -2.49. The van der Waals surface area contributed by atoms with Crippen molar-refractivity contribution < 1.29 is 38.1 Å². The molecule has 53 heavy (non-hydrogen) atoms. The number of para-hydroxylation sites is 1. The van der Waals surface area contributed by atoms with E-state index in [2.05, 4.69) is 15.6 Å². The first-order valence-corrected chi connectivity index (χ1v) is 19.8. The summed E-state index contributed by atoms with van der Waals surface area (Å²) in [5, 5.41) is 6.24. The van der Waals surface area contributed by atoms with Crippen LogP contribution in [-0.2, 0) is 38.3 Å². The SMILES string of the molecule is COc1ccc(OC)c(SCC(CP(=O)(O)[C@H](Cc2ccccc2)NC(=O)OCc2ccccc2)C(=O)N[C@@H](Cc2c[nH]c3ccccc23)C(N)=O)c1. The number of hydrogen-bond acceptors (Lipinski definition) is 8. The van der Waals surface area contributed by atoms with E-state index in [4.69, 9.17) is 19.9 Å². The maximum atomic E-state index is 14.5. The van der Waals surface area contributed by atoms with E-state index in [1.807, 2.05) is 48.5 Å². The van der Waals surface area contributed by atoms with Gasteiger partial charge in [-0.25, -0.2) is 4.79 Å². The van der Waals surface area contributed by atoms with E-state index in [0.29, 0.717) is 22.0 Å². The third-order valence-electron chi connectivity index (χ3n) is 8.68. The van der Waals surface area contributed by atoms with E-state index in [-0.39, 0.29) is 25.2 Å². The monoisotopic (exact) mass is 758 g/mol. The molecule has 6 N–H and O–H groups in total. The first-order chi connectivity index (χ1) is 25.6. The van der Waals surface area contributed by atoms with E-state index in [1.165, 1.54) is 26.0 Å². The number of nitrogens with two attached hydrogens (primary N) is 1. The zero-order chi connectivity index (χ0) is 37.8. The zero-order valence-corrected chi connectivity index (χ0v) is 31.1. The van der Waals surface area contributed by atoms with Crippen molar-refractivity contribution in [3.05, 3.63) is 126 Å². The molecule has 0 aliphatic carbocycles. The van der Waals surface area contributed by atoms with E-state index in [9.17, 15) is 23.8 Å². The molecule has 1 heterocycles. The molecule has 2 unspecified atom stereocenters. The number of methoxy groups -OCH3 is 2. The van der Waals surface area contributed by atoms with Crippen LogP contribution in [0.15, 0.2) is 114 Å². The zero-order valence-electron chi connectivity index (χ0n) is 29.4. The number of thioether (sulfide) groups is 1. The van der Waals surface area contributed by atoms with Crippen molar-refractivity contribution in [1.29, 1.82) is 0 Å². The largest absolute Gasteiger partial charge is 0.497 e. The molecule has 0 bridgehead atoms. The number of H-pyrrole nitrogens is 1. The smallest absolute Gasteiger partial charge is 0.408 e. The number of aromatic nitrogens is 1. The Morgan fingerprint density at radius 3 is 2.23 bits per heavy atom. The molecular weight excluding hydrogens is 715 g/mol. The van der Waals surface area contributed by atoms with Gasteiger partial charge in [0.1, 0.15) is 29.9 Å². The number of fused-ring (bicyclic) bond motifs is 1. The van der Waals surface area contributed by atoms with Crippen LogP contribution in [0.3, 0.4) is 0 Å². The van der Waals surface area contributed by atoms with Crippen LogP contribution in [0, 0.1) is 5.92 Å². The van der Waals surface area contributed by atoms with E-state index in [1.54, 1.807) is 60.8 Å². The predicted molar refractivity (Wildman–Crippen MR) is 205 cm³/mol. The van der Waals surface area contributed by atoms with Gasteiger partial charge in [-0.05, 0) is 41.0 Å². The Bertz CT molecular complexity index is 2050. The molecule has 3 amide bonds. The topological polar surface area (TPSA) is 182 Å². The summed E-state index contributed by atoms with van der Waals surface area (Å²) in [5.74, 6) is -2.77. The van der Waals surface area contributed by atoms with Crippen LogP contribution in [0.5, 0.6) is 11.5 Å². The van der Waals surface area contributed by atoms with Crippen LogP contribution < -0.4 is 25.8 Å².